The van der Waals surface area contributed by atoms with Gasteiger partial charge < -0.3 is 0 Å². The highest BCUT2D eigenvalue weighted by atomic mass is 16.6. The molecule has 0 unspecified atom stereocenters. The first kappa shape index (κ1) is 19.0. The number of non-ortho nitro benzene ring substituents is 1. The van der Waals surface area contributed by atoms with Crippen LogP contribution in [0.5, 0.6) is 0 Å². The number of rotatable bonds is 5. The Kier molecular flexibility index (Phi) is 5.21. The standard InChI is InChI=1S/C24H17N2O3/c1-16-23(22(27)14-11-17-7-5-6-8-17)24(18-9-3-2-4-10-18)20-15-19(26(28)29)12-13-21(20)25-16/h2-15H,1H3/b14-11+. The molecule has 2 aromatic carbocycles. The zero-order chi connectivity index (χ0) is 20.4. The van der Waals surface area contributed by atoms with E-state index >= 15 is 0 Å². The predicted octanol–water partition coefficient (Wildman–Crippen LogP) is 5.26. The molecule has 5 heteroatoms. The summed E-state index contributed by atoms with van der Waals surface area (Å²) in [5.74, 6) is 0.741. The van der Waals surface area contributed by atoms with Crippen molar-refractivity contribution in [2.24, 2.45) is 0 Å². The molecule has 0 bridgehead atoms. The maximum atomic E-state index is 13.2. The van der Waals surface area contributed by atoms with E-state index in [-0.39, 0.29) is 11.5 Å². The van der Waals surface area contributed by atoms with Crippen molar-refractivity contribution in [1.82, 2.24) is 4.98 Å². The number of nitro benzene ring substituents is 1. The Morgan fingerprint density at radius 3 is 2.48 bits per heavy atom. The quantitative estimate of drug-likeness (QED) is 0.261. The normalized spacial score (nSPS) is 14.7. The SMILES string of the molecule is Cc1nc2ccc([N+](=O)[O-])cc2c(-c2ccccc2)c1C(=O)/C=C/[C]1[CH][CH][CH][CH]1. The van der Waals surface area contributed by atoms with Gasteiger partial charge in [-0.1, -0.05) is 36.4 Å². The highest BCUT2D eigenvalue weighted by Crippen LogP contribution is 2.35. The summed E-state index contributed by atoms with van der Waals surface area (Å²) in [6, 6.07) is 14.0. The lowest BCUT2D eigenvalue weighted by Crippen LogP contribution is -2.06. The minimum Gasteiger partial charge on any atom is -0.289 e. The van der Waals surface area contributed by atoms with Crippen LogP contribution in [0, 0.1) is 48.6 Å². The Morgan fingerprint density at radius 1 is 1.07 bits per heavy atom. The molecule has 141 valence electrons. The lowest BCUT2D eigenvalue weighted by Gasteiger charge is -2.14. The van der Waals surface area contributed by atoms with Crippen LogP contribution in [-0.4, -0.2) is 15.7 Å². The van der Waals surface area contributed by atoms with Gasteiger partial charge in [-0.05, 0) is 50.3 Å². The Bertz CT molecular complexity index is 1110. The Morgan fingerprint density at radius 2 is 1.79 bits per heavy atom. The van der Waals surface area contributed by atoms with Crippen molar-refractivity contribution in [1.29, 1.82) is 0 Å². The van der Waals surface area contributed by atoms with Crippen LogP contribution < -0.4 is 0 Å². The first-order chi connectivity index (χ1) is 14.0. The van der Waals surface area contributed by atoms with Gasteiger partial charge in [0.1, 0.15) is 0 Å². The molecule has 0 saturated heterocycles. The number of carbonyl (C=O) groups excluding carboxylic acids is 1. The van der Waals surface area contributed by atoms with Crippen LogP contribution in [0.4, 0.5) is 5.69 Å². The number of nitrogens with zero attached hydrogens (tertiary/aromatic N) is 2. The number of fused-ring (bicyclic) bond motifs is 1. The van der Waals surface area contributed by atoms with Gasteiger partial charge in [0, 0.05) is 34.7 Å². The molecule has 1 aliphatic rings. The smallest absolute Gasteiger partial charge is 0.270 e. The molecule has 1 aliphatic carbocycles. The predicted molar refractivity (Wildman–Crippen MR) is 112 cm³/mol. The van der Waals surface area contributed by atoms with E-state index in [4.69, 9.17) is 0 Å². The first-order valence-corrected chi connectivity index (χ1v) is 9.13. The van der Waals surface area contributed by atoms with Crippen molar-refractivity contribution < 1.29 is 9.72 Å². The average molecular weight is 381 g/mol. The van der Waals surface area contributed by atoms with Gasteiger partial charge in [0.15, 0.2) is 5.78 Å². The lowest BCUT2D eigenvalue weighted by molar-refractivity contribution is -0.384. The van der Waals surface area contributed by atoms with E-state index in [1.54, 1.807) is 19.1 Å². The van der Waals surface area contributed by atoms with Gasteiger partial charge in [0.25, 0.3) is 5.69 Å². The fraction of sp³-hybridized carbons (Fsp3) is 0.0417. The third-order valence-electron chi connectivity index (χ3n) is 4.78. The van der Waals surface area contributed by atoms with Crippen LogP contribution >= 0.6 is 0 Å². The lowest BCUT2D eigenvalue weighted by atomic mass is 9.91. The minimum absolute atomic E-state index is 0.0361. The van der Waals surface area contributed by atoms with Crippen LogP contribution in [0.25, 0.3) is 22.0 Å². The van der Waals surface area contributed by atoms with Crippen LogP contribution in [-0.2, 0) is 0 Å². The van der Waals surface area contributed by atoms with Crippen molar-refractivity contribution in [3.05, 3.63) is 114 Å². The summed E-state index contributed by atoms with van der Waals surface area (Å²) in [6.45, 7) is 1.79. The molecule has 3 aromatic rings. The largest absolute Gasteiger partial charge is 0.289 e. The van der Waals surface area contributed by atoms with Crippen molar-refractivity contribution >= 4 is 22.4 Å². The number of ketones is 1. The average Bonchev–Trinajstić information content (AvgIpc) is 3.25. The van der Waals surface area contributed by atoms with E-state index in [1.165, 1.54) is 18.2 Å². The van der Waals surface area contributed by atoms with E-state index < -0.39 is 4.92 Å². The van der Waals surface area contributed by atoms with Crippen LogP contribution in [0.3, 0.4) is 0 Å². The number of hydrogen-bond donors (Lipinski definition) is 0. The maximum Gasteiger partial charge on any atom is 0.270 e. The van der Waals surface area contributed by atoms with E-state index in [0.717, 1.165) is 11.5 Å². The number of hydrogen-bond acceptors (Lipinski definition) is 4. The van der Waals surface area contributed by atoms with Gasteiger partial charge in [-0.15, -0.1) is 0 Å². The molecule has 0 spiro atoms. The second-order valence-corrected chi connectivity index (χ2v) is 6.69. The van der Waals surface area contributed by atoms with Crippen LogP contribution in [0.15, 0.2) is 60.7 Å². The summed E-state index contributed by atoms with van der Waals surface area (Å²) in [7, 11) is 0. The van der Waals surface area contributed by atoms with E-state index in [2.05, 4.69) is 4.98 Å². The summed E-state index contributed by atoms with van der Waals surface area (Å²) in [6.07, 6.45) is 10.9. The van der Waals surface area contributed by atoms with E-state index in [9.17, 15) is 14.9 Å². The fourth-order valence-corrected chi connectivity index (χ4v) is 3.45. The number of pyridine rings is 1. The fourth-order valence-electron chi connectivity index (χ4n) is 3.45. The minimum atomic E-state index is -0.440. The second-order valence-electron chi connectivity index (χ2n) is 6.69. The molecule has 1 fully saturated rings. The van der Waals surface area contributed by atoms with Gasteiger partial charge in [-0.3, -0.25) is 19.9 Å². The van der Waals surface area contributed by atoms with Gasteiger partial charge >= 0.3 is 0 Å². The number of carbonyl (C=O) groups is 1. The third-order valence-corrected chi connectivity index (χ3v) is 4.78. The molecular weight excluding hydrogens is 364 g/mol. The zero-order valence-corrected chi connectivity index (χ0v) is 15.7. The van der Waals surface area contributed by atoms with Gasteiger partial charge in [-0.2, -0.15) is 0 Å². The van der Waals surface area contributed by atoms with Crippen LogP contribution in [0.2, 0.25) is 0 Å². The summed E-state index contributed by atoms with van der Waals surface area (Å²) >= 11 is 0. The molecule has 1 saturated carbocycles. The molecule has 0 aliphatic heterocycles. The highest BCUT2D eigenvalue weighted by molar-refractivity contribution is 6.15. The molecule has 29 heavy (non-hydrogen) atoms. The summed E-state index contributed by atoms with van der Waals surface area (Å²) < 4.78 is 0. The third kappa shape index (κ3) is 3.81. The Balaban J connectivity index is 1.93. The molecule has 0 atom stereocenters. The highest BCUT2D eigenvalue weighted by Gasteiger charge is 2.21. The van der Waals surface area contributed by atoms with Crippen molar-refractivity contribution in [3.63, 3.8) is 0 Å². The van der Waals surface area contributed by atoms with Crippen molar-refractivity contribution in [2.45, 2.75) is 6.92 Å². The van der Waals surface area contributed by atoms with Gasteiger partial charge in [0.05, 0.1) is 16.0 Å². The molecule has 1 aromatic heterocycles. The number of allylic oxidation sites excluding steroid dienone is 2. The first-order valence-electron chi connectivity index (χ1n) is 9.13. The summed E-state index contributed by atoms with van der Waals surface area (Å²) in [5.41, 5.74) is 3.09. The molecule has 1 heterocycles. The molecule has 0 N–H and O–H groups in total. The molecule has 5 nitrogen and oxygen atoms in total. The maximum absolute atomic E-state index is 13.2. The second kappa shape index (κ2) is 7.95. The van der Waals surface area contributed by atoms with E-state index in [1.807, 2.05) is 56.0 Å². The van der Waals surface area contributed by atoms with Crippen molar-refractivity contribution in [3.8, 4) is 11.1 Å². The number of aromatic nitrogens is 1. The Labute approximate surface area is 169 Å². The molecule has 4 rings (SSSR count). The summed E-state index contributed by atoms with van der Waals surface area (Å²) in [5, 5.41) is 11.9. The van der Waals surface area contributed by atoms with Gasteiger partial charge in [0.2, 0.25) is 0 Å². The molecule has 0 amide bonds. The summed E-state index contributed by atoms with van der Waals surface area (Å²) in [4.78, 5) is 28.6. The molecule has 5 radical (unpaired) electrons. The van der Waals surface area contributed by atoms with Crippen molar-refractivity contribution in [2.75, 3.05) is 0 Å². The topological polar surface area (TPSA) is 73.1 Å². The number of benzene rings is 2. The van der Waals surface area contributed by atoms with Gasteiger partial charge in [-0.25, -0.2) is 0 Å². The zero-order valence-electron chi connectivity index (χ0n) is 15.7. The Hall–Kier alpha value is -3.34. The van der Waals surface area contributed by atoms with Crippen LogP contribution in [0.1, 0.15) is 16.1 Å². The monoisotopic (exact) mass is 381 g/mol. The molecular formula is C24H17N2O3. The number of nitro groups is 1. The number of aryl methyl sites for hydroxylation is 1. The van der Waals surface area contributed by atoms with E-state index in [0.29, 0.717) is 27.7 Å².